The molecule has 0 saturated carbocycles. The number of hydrogen-bond donors (Lipinski definition) is 2. The molecular formula is C17H17N5O3. The highest BCUT2D eigenvalue weighted by atomic mass is 16.5. The number of aromatic nitrogens is 4. The van der Waals surface area contributed by atoms with E-state index in [1.165, 1.54) is 0 Å². The van der Waals surface area contributed by atoms with Gasteiger partial charge in [0.25, 0.3) is 5.89 Å². The molecule has 0 unspecified atom stereocenters. The maximum absolute atomic E-state index is 11.6. The summed E-state index contributed by atoms with van der Waals surface area (Å²) in [7, 11) is 0. The van der Waals surface area contributed by atoms with Gasteiger partial charge in [0.1, 0.15) is 6.04 Å². The molecule has 0 bridgehead atoms. The highest BCUT2D eigenvalue weighted by Crippen LogP contribution is 2.23. The second-order valence-electron chi connectivity index (χ2n) is 6.17. The van der Waals surface area contributed by atoms with Crippen molar-refractivity contribution in [2.24, 2.45) is 0 Å². The number of benzene rings is 1. The molecule has 0 aliphatic carbocycles. The molecule has 1 atom stereocenters. The third kappa shape index (κ3) is 3.03. The van der Waals surface area contributed by atoms with Gasteiger partial charge in [-0.15, -0.1) is 0 Å². The molecule has 128 valence electrons. The first-order chi connectivity index (χ1) is 12.1. The number of hydrogen-bond acceptors (Lipinski definition) is 6. The van der Waals surface area contributed by atoms with Crippen molar-refractivity contribution in [3.63, 3.8) is 0 Å². The van der Waals surface area contributed by atoms with E-state index in [1.807, 2.05) is 36.1 Å². The van der Waals surface area contributed by atoms with Crippen LogP contribution in [0.25, 0.3) is 11.5 Å². The van der Waals surface area contributed by atoms with Crippen molar-refractivity contribution < 1.29 is 14.4 Å². The highest BCUT2D eigenvalue weighted by molar-refractivity contribution is 5.74. The summed E-state index contributed by atoms with van der Waals surface area (Å²) in [6.07, 6.45) is 1.95. The summed E-state index contributed by atoms with van der Waals surface area (Å²) in [5.41, 5.74) is 3.72. The minimum absolute atomic E-state index is 0.296. The number of carboxylic acid groups (broad SMARTS) is 1. The Morgan fingerprint density at radius 3 is 2.96 bits per heavy atom. The Morgan fingerprint density at radius 2 is 2.20 bits per heavy atom. The van der Waals surface area contributed by atoms with E-state index in [9.17, 15) is 9.90 Å². The fourth-order valence-electron chi connectivity index (χ4n) is 3.01. The van der Waals surface area contributed by atoms with Gasteiger partial charge in [0, 0.05) is 18.5 Å². The van der Waals surface area contributed by atoms with E-state index in [0.29, 0.717) is 31.2 Å². The van der Waals surface area contributed by atoms with Gasteiger partial charge in [0.05, 0.1) is 24.3 Å². The van der Waals surface area contributed by atoms with Crippen molar-refractivity contribution in [3.05, 3.63) is 53.4 Å². The highest BCUT2D eigenvalue weighted by Gasteiger charge is 2.33. The fourth-order valence-corrected chi connectivity index (χ4v) is 3.01. The van der Waals surface area contributed by atoms with Gasteiger partial charge in [-0.1, -0.05) is 22.9 Å². The molecule has 2 N–H and O–H groups in total. The number of nitrogens with one attached hydrogen (secondary N) is 1. The molecular weight excluding hydrogens is 322 g/mol. The van der Waals surface area contributed by atoms with E-state index in [4.69, 9.17) is 4.52 Å². The van der Waals surface area contributed by atoms with Crippen LogP contribution in [0.1, 0.15) is 22.8 Å². The van der Waals surface area contributed by atoms with Gasteiger partial charge < -0.3 is 14.6 Å². The molecule has 2 aromatic heterocycles. The Bertz CT molecular complexity index is 899. The number of aryl methyl sites for hydroxylation is 1. The topological polar surface area (TPSA) is 108 Å². The second kappa shape index (κ2) is 6.14. The molecule has 0 radical (unpaired) electrons. The molecule has 4 rings (SSSR count). The van der Waals surface area contributed by atoms with Gasteiger partial charge in [-0.3, -0.25) is 9.69 Å². The van der Waals surface area contributed by atoms with Gasteiger partial charge in [0.2, 0.25) is 0 Å². The number of carboxylic acids is 1. The molecule has 0 amide bonds. The standard InChI is InChI=1S/C17H17N5O3/c1-10-2-4-11(5-3-10)16-20-15(21-25-16)8-22-7-13-12(18-9-19-13)6-14(22)17(23)24/h2-5,9,14H,6-8H2,1H3,(H,18,19)(H,23,24)/t14-/m0/s1. The van der Waals surface area contributed by atoms with Crippen molar-refractivity contribution in [1.29, 1.82) is 0 Å². The molecule has 0 fully saturated rings. The lowest BCUT2D eigenvalue weighted by Gasteiger charge is -2.31. The summed E-state index contributed by atoms with van der Waals surface area (Å²) in [4.78, 5) is 25.1. The maximum Gasteiger partial charge on any atom is 0.321 e. The number of aliphatic carboxylic acids is 1. The van der Waals surface area contributed by atoms with Gasteiger partial charge in [0.15, 0.2) is 5.82 Å². The molecule has 1 aliphatic rings. The van der Waals surface area contributed by atoms with Gasteiger partial charge in [-0.25, -0.2) is 4.98 Å². The summed E-state index contributed by atoms with van der Waals surface area (Å²) >= 11 is 0. The van der Waals surface area contributed by atoms with Gasteiger partial charge in [-0.2, -0.15) is 4.98 Å². The molecule has 0 spiro atoms. The Kier molecular flexibility index (Phi) is 3.81. The first-order valence-corrected chi connectivity index (χ1v) is 7.98. The number of imidazole rings is 1. The third-order valence-electron chi connectivity index (χ3n) is 4.39. The summed E-state index contributed by atoms with van der Waals surface area (Å²) in [6, 6.07) is 7.14. The lowest BCUT2D eigenvalue weighted by Crippen LogP contribution is -2.45. The largest absolute Gasteiger partial charge is 0.480 e. The van der Waals surface area contributed by atoms with Crippen molar-refractivity contribution in [2.45, 2.75) is 32.5 Å². The van der Waals surface area contributed by atoms with Crippen LogP contribution in [0, 0.1) is 6.92 Å². The molecule has 3 aromatic rings. The lowest BCUT2D eigenvalue weighted by molar-refractivity contribution is -0.144. The molecule has 1 aliphatic heterocycles. The fraction of sp³-hybridized carbons (Fsp3) is 0.294. The molecule has 0 saturated heterocycles. The zero-order valence-electron chi connectivity index (χ0n) is 13.6. The average Bonchev–Trinajstić information content (AvgIpc) is 3.23. The van der Waals surface area contributed by atoms with E-state index in [2.05, 4.69) is 20.1 Å². The van der Waals surface area contributed by atoms with Crippen LogP contribution in [-0.2, 0) is 24.3 Å². The van der Waals surface area contributed by atoms with Gasteiger partial charge in [-0.05, 0) is 19.1 Å². The number of nitrogens with zero attached hydrogens (tertiary/aromatic N) is 4. The van der Waals surface area contributed by atoms with Crippen LogP contribution in [0.5, 0.6) is 0 Å². The number of H-pyrrole nitrogens is 1. The molecule has 1 aromatic carbocycles. The smallest absolute Gasteiger partial charge is 0.321 e. The predicted molar refractivity (Wildman–Crippen MR) is 87.4 cm³/mol. The average molecular weight is 339 g/mol. The van der Waals surface area contributed by atoms with E-state index in [0.717, 1.165) is 22.5 Å². The number of rotatable bonds is 4. The minimum Gasteiger partial charge on any atom is -0.480 e. The quantitative estimate of drug-likeness (QED) is 0.746. The monoisotopic (exact) mass is 339 g/mol. The van der Waals surface area contributed by atoms with E-state index < -0.39 is 12.0 Å². The number of fused-ring (bicyclic) bond motifs is 1. The van der Waals surface area contributed by atoms with Crippen LogP contribution in [0.15, 0.2) is 35.1 Å². The summed E-state index contributed by atoms with van der Waals surface area (Å²) in [5.74, 6) is 0.0156. The summed E-state index contributed by atoms with van der Waals surface area (Å²) < 4.78 is 5.33. The predicted octanol–water partition coefficient (Wildman–Crippen LogP) is 1.78. The number of aromatic amines is 1. The van der Waals surface area contributed by atoms with Crippen LogP contribution in [0.2, 0.25) is 0 Å². The molecule has 8 nitrogen and oxygen atoms in total. The van der Waals surface area contributed by atoms with E-state index in [1.54, 1.807) is 6.33 Å². The molecule has 25 heavy (non-hydrogen) atoms. The first kappa shape index (κ1) is 15.5. The molecule has 8 heteroatoms. The SMILES string of the molecule is Cc1ccc(-c2nc(CN3Cc4[nH]cnc4C[C@H]3C(=O)O)no2)cc1. The third-order valence-corrected chi connectivity index (χ3v) is 4.39. The van der Waals surface area contributed by atoms with Crippen molar-refractivity contribution in [1.82, 2.24) is 25.0 Å². The van der Waals surface area contributed by atoms with Crippen LogP contribution in [0.3, 0.4) is 0 Å². The Balaban J connectivity index is 1.55. The van der Waals surface area contributed by atoms with Crippen LogP contribution in [-0.4, -0.2) is 42.1 Å². The Labute approximate surface area is 143 Å². The van der Waals surface area contributed by atoms with Crippen LogP contribution >= 0.6 is 0 Å². The lowest BCUT2D eigenvalue weighted by atomic mass is 10.0. The second-order valence-corrected chi connectivity index (χ2v) is 6.17. The van der Waals surface area contributed by atoms with Crippen molar-refractivity contribution in [3.8, 4) is 11.5 Å². The first-order valence-electron chi connectivity index (χ1n) is 7.98. The zero-order valence-corrected chi connectivity index (χ0v) is 13.6. The van der Waals surface area contributed by atoms with Gasteiger partial charge >= 0.3 is 5.97 Å². The van der Waals surface area contributed by atoms with Crippen molar-refractivity contribution >= 4 is 5.97 Å². The Morgan fingerprint density at radius 1 is 1.40 bits per heavy atom. The minimum atomic E-state index is -0.879. The van der Waals surface area contributed by atoms with Crippen LogP contribution < -0.4 is 0 Å². The van der Waals surface area contributed by atoms with E-state index >= 15 is 0 Å². The Hall–Kier alpha value is -3.00. The molecule has 3 heterocycles. The normalized spacial score (nSPS) is 17.4. The maximum atomic E-state index is 11.6. The summed E-state index contributed by atoms with van der Waals surface area (Å²) in [6.45, 7) is 2.76. The zero-order chi connectivity index (χ0) is 17.4. The number of carbonyl (C=O) groups is 1. The van der Waals surface area contributed by atoms with E-state index in [-0.39, 0.29) is 0 Å². The van der Waals surface area contributed by atoms with Crippen molar-refractivity contribution in [2.75, 3.05) is 0 Å². The van der Waals surface area contributed by atoms with Crippen LogP contribution in [0.4, 0.5) is 0 Å². The summed E-state index contributed by atoms with van der Waals surface area (Å²) in [5, 5.41) is 13.5.